The fourth-order valence-corrected chi connectivity index (χ4v) is 4.18. The first-order valence-corrected chi connectivity index (χ1v) is 10.4. The minimum absolute atomic E-state index is 0.0121. The van der Waals surface area contributed by atoms with Crippen molar-refractivity contribution in [2.45, 2.75) is 37.8 Å². The molecule has 1 aromatic heterocycles. The second-order valence-electron chi connectivity index (χ2n) is 7.77. The molecule has 0 aliphatic carbocycles. The largest absolute Gasteiger partial charge is 0.444 e. The minimum atomic E-state index is -0.0592. The highest BCUT2D eigenvalue weighted by molar-refractivity contribution is 6.30. The number of amides is 2. The van der Waals surface area contributed by atoms with Crippen molar-refractivity contribution >= 4 is 23.4 Å². The molecule has 154 valence electrons. The van der Waals surface area contributed by atoms with Gasteiger partial charge in [-0.2, -0.15) is 0 Å². The molecule has 0 spiro atoms. The summed E-state index contributed by atoms with van der Waals surface area (Å²) in [5.74, 6) is 0.634. The van der Waals surface area contributed by atoms with Crippen molar-refractivity contribution in [3.8, 4) is 11.5 Å². The molecule has 2 aromatic rings. The van der Waals surface area contributed by atoms with Crippen molar-refractivity contribution in [2.75, 3.05) is 26.7 Å². The van der Waals surface area contributed by atoms with Crippen molar-refractivity contribution in [2.24, 2.45) is 0 Å². The number of carbonyl (C=O) groups is 2. The molecule has 2 saturated heterocycles. The normalized spacial score (nSPS) is 21.0. The Bertz CT molecular complexity index is 874. The van der Waals surface area contributed by atoms with Crippen LogP contribution in [0.15, 0.2) is 34.9 Å². The van der Waals surface area contributed by atoms with Gasteiger partial charge in [0.1, 0.15) is 6.26 Å². The Hall–Kier alpha value is -2.38. The van der Waals surface area contributed by atoms with E-state index in [1.54, 1.807) is 17.0 Å². The first-order valence-electron chi connectivity index (χ1n) is 9.98. The van der Waals surface area contributed by atoms with Crippen LogP contribution in [0.2, 0.25) is 5.02 Å². The highest BCUT2D eigenvalue weighted by Crippen LogP contribution is 2.22. The molecule has 1 atom stereocenters. The van der Waals surface area contributed by atoms with Crippen molar-refractivity contribution in [1.82, 2.24) is 20.1 Å². The third-order valence-corrected chi connectivity index (χ3v) is 5.97. The van der Waals surface area contributed by atoms with E-state index in [-0.39, 0.29) is 30.3 Å². The molecule has 2 aliphatic rings. The number of likely N-dealkylation sites (tertiary alicyclic amines) is 2. The molecule has 0 saturated carbocycles. The number of rotatable bonds is 5. The third kappa shape index (κ3) is 4.62. The predicted molar refractivity (Wildman–Crippen MR) is 109 cm³/mol. The molecule has 0 bridgehead atoms. The molecule has 29 heavy (non-hydrogen) atoms. The highest BCUT2D eigenvalue weighted by Gasteiger charge is 2.35. The Kier molecular flexibility index (Phi) is 5.87. The molecule has 8 heteroatoms. The Morgan fingerprint density at radius 1 is 1.21 bits per heavy atom. The fraction of sp³-hybridized carbons (Fsp3) is 0.476. The summed E-state index contributed by atoms with van der Waals surface area (Å²) < 4.78 is 5.49. The van der Waals surface area contributed by atoms with Crippen LogP contribution in [0.5, 0.6) is 0 Å². The van der Waals surface area contributed by atoms with Crippen LogP contribution in [0, 0.1) is 0 Å². The van der Waals surface area contributed by atoms with Crippen molar-refractivity contribution in [3.05, 3.63) is 41.2 Å². The van der Waals surface area contributed by atoms with E-state index < -0.39 is 0 Å². The number of piperidine rings is 1. The summed E-state index contributed by atoms with van der Waals surface area (Å²) >= 11 is 5.90. The van der Waals surface area contributed by atoms with Crippen LogP contribution in [-0.2, 0) is 16.0 Å². The average Bonchev–Trinajstić information content (AvgIpc) is 3.30. The van der Waals surface area contributed by atoms with Crippen LogP contribution in [0.4, 0.5) is 0 Å². The van der Waals surface area contributed by atoms with Gasteiger partial charge in [0.25, 0.3) is 0 Å². The molecular weight excluding hydrogens is 392 g/mol. The van der Waals surface area contributed by atoms with E-state index in [1.165, 1.54) is 6.26 Å². The maximum atomic E-state index is 12.4. The van der Waals surface area contributed by atoms with E-state index >= 15 is 0 Å². The van der Waals surface area contributed by atoms with Gasteiger partial charge in [-0.05, 0) is 43.5 Å². The number of hydrogen-bond donors (Lipinski definition) is 1. The number of benzene rings is 1. The SMILES string of the molecule is CN1CCC(N2CCC(NC(=O)Cc3coc(-c4ccc(Cl)cc4)n3)CC2)C1=O. The molecule has 0 radical (unpaired) electrons. The lowest BCUT2D eigenvalue weighted by atomic mass is 10.0. The molecule has 2 amide bonds. The average molecular weight is 417 g/mol. The molecule has 7 nitrogen and oxygen atoms in total. The smallest absolute Gasteiger partial charge is 0.239 e. The molecular formula is C21H25ClN4O3. The van der Waals surface area contributed by atoms with Gasteiger partial charge in [0, 0.05) is 43.3 Å². The zero-order valence-corrected chi connectivity index (χ0v) is 17.2. The predicted octanol–water partition coefficient (Wildman–Crippen LogP) is 2.35. The molecule has 1 aromatic carbocycles. The van der Waals surface area contributed by atoms with E-state index in [0.717, 1.165) is 44.5 Å². The van der Waals surface area contributed by atoms with Gasteiger partial charge in [-0.25, -0.2) is 4.98 Å². The fourth-order valence-electron chi connectivity index (χ4n) is 4.05. The summed E-state index contributed by atoms with van der Waals surface area (Å²) in [6.45, 7) is 2.50. The van der Waals surface area contributed by atoms with Gasteiger partial charge in [-0.1, -0.05) is 11.6 Å². The zero-order chi connectivity index (χ0) is 20.4. The van der Waals surface area contributed by atoms with Crippen molar-refractivity contribution in [3.63, 3.8) is 0 Å². The summed E-state index contributed by atoms with van der Waals surface area (Å²) in [6.07, 6.45) is 4.31. The van der Waals surface area contributed by atoms with Gasteiger partial charge < -0.3 is 14.6 Å². The summed E-state index contributed by atoms with van der Waals surface area (Å²) in [7, 11) is 1.86. The number of likely N-dealkylation sites (N-methyl/N-ethyl adjacent to an activating group) is 1. The summed E-state index contributed by atoms with van der Waals surface area (Å²) in [5.41, 5.74) is 1.42. The maximum absolute atomic E-state index is 12.4. The number of hydrogen-bond acceptors (Lipinski definition) is 5. The summed E-state index contributed by atoms with van der Waals surface area (Å²) in [6, 6.07) is 7.36. The van der Waals surface area contributed by atoms with Gasteiger partial charge in [0.05, 0.1) is 18.2 Å². The Morgan fingerprint density at radius 2 is 1.93 bits per heavy atom. The van der Waals surface area contributed by atoms with Crippen molar-refractivity contribution < 1.29 is 14.0 Å². The number of nitrogens with zero attached hydrogens (tertiary/aromatic N) is 3. The van der Waals surface area contributed by atoms with Crippen LogP contribution in [-0.4, -0.2) is 65.4 Å². The van der Waals surface area contributed by atoms with Crippen LogP contribution in [0.3, 0.4) is 0 Å². The van der Waals surface area contributed by atoms with E-state index in [0.29, 0.717) is 16.6 Å². The molecule has 2 fully saturated rings. The lowest BCUT2D eigenvalue weighted by molar-refractivity contribution is -0.131. The number of aromatic nitrogens is 1. The summed E-state index contributed by atoms with van der Waals surface area (Å²) in [4.78, 5) is 33.1. The van der Waals surface area contributed by atoms with Crippen molar-refractivity contribution in [1.29, 1.82) is 0 Å². The number of nitrogens with one attached hydrogen (secondary N) is 1. The van der Waals surface area contributed by atoms with E-state index in [2.05, 4.69) is 15.2 Å². The van der Waals surface area contributed by atoms with Gasteiger partial charge >= 0.3 is 0 Å². The molecule has 3 heterocycles. The van der Waals surface area contributed by atoms with E-state index in [1.807, 2.05) is 19.2 Å². The Labute approximate surface area is 175 Å². The second-order valence-corrected chi connectivity index (χ2v) is 8.21. The molecule has 1 unspecified atom stereocenters. The second kappa shape index (κ2) is 8.55. The standard InChI is InChI=1S/C21H25ClN4O3/c1-25-9-8-18(21(25)28)26-10-6-16(7-11-26)23-19(27)12-17-13-29-20(24-17)14-2-4-15(22)5-3-14/h2-5,13,16,18H,6-12H2,1H3,(H,23,27). The number of carbonyl (C=O) groups excluding carboxylic acids is 2. The Balaban J connectivity index is 1.26. The minimum Gasteiger partial charge on any atom is -0.444 e. The first kappa shape index (κ1) is 19.9. The van der Waals surface area contributed by atoms with Crippen LogP contribution >= 0.6 is 11.6 Å². The van der Waals surface area contributed by atoms with Crippen LogP contribution < -0.4 is 5.32 Å². The lowest BCUT2D eigenvalue weighted by Crippen LogP contribution is -2.50. The highest BCUT2D eigenvalue weighted by atomic mass is 35.5. The van der Waals surface area contributed by atoms with Gasteiger partial charge in [0.15, 0.2) is 0 Å². The molecule has 2 aliphatic heterocycles. The van der Waals surface area contributed by atoms with Crippen LogP contribution in [0.25, 0.3) is 11.5 Å². The maximum Gasteiger partial charge on any atom is 0.239 e. The Morgan fingerprint density at radius 3 is 2.59 bits per heavy atom. The number of halogens is 1. The van der Waals surface area contributed by atoms with Crippen LogP contribution in [0.1, 0.15) is 25.0 Å². The topological polar surface area (TPSA) is 78.7 Å². The quantitative estimate of drug-likeness (QED) is 0.809. The van der Waals surface area contributed by atoms with E-state index in [9.17, 15) is 9.59 Å². The summed E-state index contributed by atoms with van der Waals surface area (Å²) in [5, 5.41) is 3.74. The molecule has 1 N–H and O–H groups in total. The van der Waals surface area contributed by atoms with Gasteiger partial charge in [0.2, 0.25) is 17.7 Å². The molecule has 4 rings (SSSR count). The number of oxazole rings is 1. The lowest BCUT2D eigenvalue weighted by Gasteiger charge is -2.35. The van der Waals surface area contributed by atoms with Gasteiger partial charge in [-0.15, -0.1) is 0 Å². The monoisotopic (exact) mass is 416 g/mol. The zero-order valence-electron chi connectivity index (χ0n) is 16.4. The third-order valence-electron chi connectivity index (χ3n) is 5.72. The van der Waals surface area contributed by atoms with E-state index in [4.69, 9.17) is 16.0 Å². The van der Waals surface area contributed by atoms with Gasteiger partial charge in [-0.3, -0.25) is 14.5 Å². The first-order chi connectivity index (χ1) is 14.0.